The molecule has 0 bridgehead atoms. The number of ether oxygens (including phenoxy) is 2. The number of hydrogen-bond acceptors (Lipinski definition) is 4. The van der Waals surface area contributed by atoms with E-state index in [1.807, 2.05) is 24.3 Å². The third kappa shape index (κ3) is 5.01. The predicted octanol–water partition coefficient (Wildman–Crippen LogP) is 5.12. The lowest BCUT2D eigenvalue weighted by Gasteiger charge is -2.11. The molecule has 0 radical (unpaired) electrons. The van der Waals surface area contributed by atoms with E-state index in [9.17, 15) is 0 Å². The van der Waals surface area contributed by atoms with Crippen molar-refractivity contribution in [2.24, 2.45) is 5.10 Å². The van der Waals surface area contributed by atoms with Gasteiger partial charge in [-0.1, -0.05) is 24.3 Å². The number of rotatable bonds is 7. The van der Waals surface area contributed by atoms with E-state index in [0.717, 1.165) is 15.7 Å². The van der Waals surface area contributed by atoms with E-state index in [4.69, 9.17) is 21.1 Å². The number of nitrogens with zero attached hydrogens (tertiary/aromatic N) is 1. The van der Waals surface area contributed by atoms with Gasteiger partial charge in [-0.05, 0) is 52.3 Å². The van der Waals surface area contributed by atoms with Crippen LogP contribution in [0.4, 0.5) is 5.69 Å². The van der Waals surface area contributed by atoms with Crippen LogP contribution in [-0.4, -0.2) is 19.9 Å². The minimum Gasteiger partial charge on any atom is -0.493 e. The highest BCUT2D eigenvalue weighted by Crippen LogP contribution is 2.33. The van der Waals surface area contributed by atoms with Gasteiger partial charge in [0.2, 0.25) is 0 Å². The summed E-state index contributed by atoms with van der Waals surface area (Å²) in [5.41, 5.74) is 4.64. The first-order valence-electron chi connectivity index (χ1n) is 6.80. The second-order valence-corrected chi connectivity index (χ2v) is 5.79. The van der Waals surface area contributed by atoms with Crippen LogP contribution in [-0.2, 0) is 0 Å². The molecule has 0 amide bonds. The van der Waals surface area contributed by atoms with Crippen LogP contribution >= 0.6 is 27.5 Å². The van der Waals surface area contributed by atoms with Crippen molar-refractivity contribution in [1.82, 2.24) is 0 Å². The van der Waals surface area contributed by atoms with Gasteiger partial charge in [-0.2, -0.15) is 5.10 Å². The van der Waals surface area contributed by atoms with Crippen molar-refractivity contribution >= 4 is 39.4 Å². The Hall–Kier alpha value is -1.98. The summed E-state index contributed by atoms with van der Waals surface area (Å²) < 4.78 is 11.7. The molecule has 0 fully saturated rings. The van der Waals surface area contributed by atoms with Gasteiger partial charge in [0.15, 0.2) is 11.5 Å². The van der Waals surface area contributed by atoms with Crippen LogP contribution in [0.1, 0.15) is 5.56 Å². The van der Waals surface area contributed by atoms with Crippen molar-refractivity contribution < 1.29 is 9.47 Å². The fraction of sp³-hybridized carbons (Fsp3) is 0.118. The second kappa shape index (κ2) is 8.60. The third-order valence-corrected chi connectivity index (χ3v) is 3.82. The van der Waals surface area contributed by atoms with Crippen molar-refractivity contribution in [2.45, 2.75) is 0 Å². The Kier molecular flexibility index (Phi) is 6.50. The summed E-state index contributed by atoms with van der Waals surface area (Å²) in [5.74, 6) is 1.27. The first-order valence-corrected chi connectivity index (χ1v) is 7.97. The molecule has 0 saturated heterocycles. The molecule has 0 atom stereocenters. The summed E-state index contributed by atoms with van der Waals surface area (Å²) in [4.78, 5) is 0. The number of hydrazone groups is 1. The zero-order chi connectivity index (χ0) is 16.7. The first-order chi connectivity index (χ1) is 11.1. The summed E-state index contributed by atoms with van der Waals surface area (Å²) >= 11 is 9.34. The summed E-state index contributed by atoms with van der Waals surface area (Å²) in [6.45, 7) is 4.04. The Morgan fingerprint density at radius 2 is 2.00 bits per heavy atom. The molecule has 4 nitrogen and oxygen atoms in total. The van der Waals surface area contributed by atoms with Crippen LogP contribution in [0, 0.1) is 0 Å². The number of anilines is 1. The summed E-state index contributed by atoms with van der Waals surface area (Å²) in [6.07, 6.45) is 3.37. The Balaban J connectivity index is 2.13. The van der Waals surface area contributed by atoms with E-state index < -0.39 is 0 Å². The molecule has 6 heteroatoms. The molecule has 2 rings (SSSR count). The molecule has 0 aliphatic carbocycles. The zero-order valence-corrected chi connectivity index (χ0v) is 14.9. The van der Waals surface area contributed by atoms with Gasteiger partial charge in [0, 0.05) is 15.1 Å². The SMILES string of the molecule is C=CCOc1cc(Br)c(/C=N\Nc2ccc(Cl)cc2)cc1OC. The summed E-state index contributed by atoms with van der Waals surface area (Å²) in [6, 6.07) is 11.0. The minimum atomic E-state index is 0.411. The topological polar surface area (TPSA) is 42.8 Å². The van der Waals surface area contributed by atoms with E-state index in [1.165, 1.54) is 0 Å². The van der Waals surface area contributed by atoms with E-state index in [-0.39, 0.29) is 0 Å². The highest BCUT2D eigenvalue weighted by atomic mass is 79.9. The number of benzene rings is 2. The van der Waals surface area contributed by atoms with Crippen LogP contribution < -0.4 is 14.9 Å². The second-order valence-electron chi connectivity index (χ2n) is 4.50. The van der Waals surface area contributed by atoms with E-state index in [2.05, 4.69) is 33.0 Å². The molecule has 23 heavy (non-hydrogen) atoms. The molecule has 2 aromatic rings. The molecule has 0 saturated carbocycles. The molecule has 0 aliphatic rings. The number of nitrogens with one attached hydrogen (secondary N) is 1. The van der Waals surface area contributed by atoms with Crippen molar-refractivity contribution in [1.29, 1.82) is 0 Å². The van der Waals surface area contributed by atoms with Gasteiger partial charge >= 0.3 is 0 Å². The highest BCUT2D eigenvalue weighted by molar-refractivity contribution is 9.10. The molecular weight excluding hydrogens is 380 g/mol. The maximum atomic E-state index is 5.84. The molecule has 0 aromatic heterocycles. The molecule has 120 valence electrons. The molecule has 0 aliphatic heterocycles. The maximum absolute atomic E-state index is 5.84. The fourth-order valence-corrected chi connectivity index (χ4v) is 2.32. The fourth-order valence-electron chi connectivity index (χ4n) is 1.77. The van der Waals surface area contributed by atoms with Gasteiger partial charge in [0.1, 0.15) is 6.61 Å². The summed E-state index contributed by atoms with van der Waals surface area (Å²) in [5, 5.41) is 4.89. The molecule has 2 aromatic carbocycles. The third-order valence-electron chi connectivity index (χ3n) is 2.88. The zero-order valence-electron chi connectivity index (χ0n) is 12.6. The van der Waals surface area contributed by atoms with Crippen LogP contribution in [0.2, 0.25) is 5.02 Å². The van der Waals surface area contributed by atoms with Crippen LogP contribution in [0.5, 0.6) is 11.5 Å². The molecule has 1 N–H and O–H groups in total. The molecule has 0 unspecified atom stereocenters. The van der Waals surface area contributed by atoms with Crippen LogP contribution in [0.15, 0.2) is 58.6 Å². The quantitative estimate of drug-likeness (QED) is 0.402. The lowest BCUT2D eigenvalue weighted by atomic mass is 10.2. The average molecular weight is 396 g/mol. The van der Waals surface area contributed by atoms with Crippen molar-refractivity contribution in [3.63, 3.8) is 0 Å². The summed E-state index contributed by atoms with van der Waals surface area (Å²) in [7, 11) is 1.59. The smallest absolute Gasteiger partial charge is 0.162 e. The monoisotopic (exact) mass is 394 g/mol. The Labute approximate surface area is 148 Å². The average Bonchev–Trinajstić information content (AvgIpc) is 2.56. The molecule has 0 heterocycles. The van der Waals surface area contributed by atoms with E-state index in [0.29, 0.717) is 23.1 Å². The van der Waals surface area contributed by atoms with Crippen molar-refractivity contribution in [2.75, 3.05) is 19.1 Å². The Morgan fingerprint density at radius 1 is 1.26 bits per heavy atom. The standard InChI is InChI=1S/C17H16BrClN2O2/c1-3-8-23-17-10-15(18)12(9-16(17)22-2)11-20-21-14-6-4-13(19)5-7-14/h3-7,9-11,21H,1,8H2,2H3/b20-11-. The Bertz CT molecular complexity index is 702. The Morgan fingerprint density at radius 3 is 2.65 bits per heavy atom. The van der Waals surface area contributed by atoms with Gasteiger partial charge in [0.05, 0.1) is 19.0 Å². The lowest BCUT2D eigenvalue weighted by molar-refractivity contribution is 0.326. The maximum Gasteiger partial charge on any atom is 0.162 e. The molecular formula is C17H16BrClN2O2. The predicted molar refractivity (Wildman–Crippen MR) is 99.1 cm³/mol. The normalized spacial score (nSPS) is 10.6. The van der Waals surface area contributed by atoms with Gasteiger partial charge in [-0.15, -0.1) is 0 Å². The highest BCUT2D eigenvalue weighted by Gasteiger charge is 2.09. The van der Waals surface area contributed by atoms with Gasteiger partial charge in [-0.3, -0.25) is 5.43 Å². The number of hydrogen-bond donors (Lipinski definition) is 1. The van der Waals surface area contributed by atoms with E-state index in [1.54, 1.807) is 31.5 Å². The lowest BCUT2D eigenvalue weighted by Crippen LogP contribution is -1.98. The number of halogens is 2. The molecule has 0 spiro atoms. The van der Waals surface area contributed by atoms with Gasteiger partial charge < -0.3 is 9.47 Å². The van der Waals surface area contributed by atoms with Gasteiger partial charge in [-0.25, -0.2) is 0 Å². The van der Waals surface area contributed by atoms with Crippen molar-refractivity contribution in [3.05, 3.63) is 64.1 Å². The van der Waals surface area contributed by atoms with Crippen molar-refractivity contribution in [3.8, 4) is 11.5 Å². The van der Waals surface area contributed by atoms with Gasteiger partial charge in [0.25, 0.3) is 0 Å². The first kappa shape index (κ1) is 17.4. The van der Waals surface area contributed by atoms with Crippen LogP contribution in [0.25, 0.3) is 0 Å². The minimum absolute atomic E-state index is 0.411. The largest absolute Gasteiger partial charge is 0.493 e. The van der Waals surface area contributed by atoms with Crippen LogP contribution in [0.3, 0.4) is 0 Å². The number of methoxy groups -OCH3 is 1. The van der Waals surface area contributed by atoms with E-state index >= 15 is 0 Å².